The van der Waals surface area contributed by atoms with E-state index in [0.717, 1.165) is 12.0 Å². The van der Waals surface area contributed by atoms with Gasteiger partial charge in [-0.2, -0.15) is 0 Å². The van der Waals surface area contributed by atoms with E-state index in [-0.39, 0.29) is 5.92 Å². The molecule has 0 spiro atoms. The fraction of sp³-hybridized carbons (Fsp3) is 0.200. The third kappa shape index (κ3) is 2.91. The van der Waals surface area contributed by atoms with Crippen LogP contribution in [-0.2, 0) is 0 Å². The van der Waals surface area contributed by atoms with Crippen molar-refractivity contribution >= 4 is 0 Å². The van der Waals surface area contributed by atoms with Crippen LogP contribution in [0.2, 0.25) is 0 Å². The largest absolute Gasteiger partial charge is 0.374 e. The lowest BCUT2D eigenvalue weighted by molar-refractivity contribution is 0.126. The Labute approximate surface area is 126 Å². The van der Waals surface area contributed by atoms with Crippen molar-refractivity contribution in [2.45, 2.75) is 17.9 Å². The summed E-state index contributed by atoms with van der Waals surface area (Å²) in [6.45, 7) is 3.78. The van der Waals surface area contributed by atoms with Crippen molar-refractivity contribution in [2.24, 2.45) is 5.92 Å². The van der Waals surface area contributed by atoms with Gasteiger partial charge >= 0.3 is 0 Å². The Morgan fingerprint density at radius 3 is 2.29 bits per heavy atom. The van der Waals surface area contributed by atoms with Gasteiger partial charge in [0.05, 0.1) is 0 Å². The zero-order valence-corrected chi connectivity index (χ0v) is 11.9. The molecule has 0 aliphatic heterocycles. The van der Waals surface area contributed by atoms with Crippen LogP contribution in [0.15, 0.2) is 73.3 Å². The average Bonchev–Trinajstić information content (AvgIpc) is 3.36. The second-order valence-corrected chi connectivity index (χ2v) is 5.50. The Morgan fingerprint density at radius 2 is 1.67 bits per heavy atom. The molecule has 1 aliphatic carbocycles. The Kier molecular flexibility index (Phi) is 3.64. The SMILES string of the molecule is C=CC(O)(C#Cc1ccccc1)C1CC1c1ccccc1. The van der Waals surface area contributed by atoms with E-state index in [9.17, 15) is 5.11 Å². The van der Waals surface area contributed by atoms with Crippen molar-refractivity contribution in [3.63, 3.8) is 0 Å². The van der Waals surface area contributed by atoms with Crippen LogP contribution < -0.4 is 0 Å². The molecule has 1 heteroatoms. The molecule has 3 atom stereocenters. The maximum Gasteiger partial charge on any atom is 0.147 e. The number of rotatable bonds is 3. The number of hydrogen-bond acceptors (Lipinski definition) is 1. The number of benzene rings is 2. The van der Waals surface area contributed by atoms with Gasteiger partial charge in [0.25, 0.3) is 0 Å². The van der Waals surface area contributed by atoms with Crippen molar-refractivity contribution in [1.82, 2.24) is 0 Å². The van der Waals surface area contributed by atoms with E-state index in [1.165, 1.54) is 5.56 Å². The Hall–Kier alpha value is -2.30. The smallest absolute Gasteiger partial charge is 0.147 e. The van der Waals surface area contributed by atoms with Gasteiger partial charge in [-0.25, -0.2) is 0 Å². The summed E-state index contributed by atoms with van der Waals surface area (Å²) in [4.78, 5) is 0. The van der Waals surface area contributed by atoms with Crippen LogP contribution in [-0.4, -0.2) is 10.7 Å². The molecule has 2 aromatic carbocycles. The molecule has 0 heterocycles. The molecule has 0 amide bonds. The first-order chi connectivity index (χ1) is 10.2. The normalized spacial score (nSPS) is 22.5. The third-order valence-electron chi connectivity index (χ3n) is 4.08. The summed E-state index contributed by atoms with van der Waals surface area (Å²) < 4.78 is 0. The molecule has 3 rings (SSSR count). The molecule has 0 saturated heterocycles. The Morgan fingerprint density at radius 1 is 1.05 bits per heavy atom. The van der Waals surface area contributed by atoms with Crippen LogP contribution in [0.5, 0.6) is 0 Å². The maximum absolute atomic E-state index is 10.8. The lowest BCUT2D eigenvalue weighted by Gasteiger charge is -2.17. The molecule has 1 nitrogen and oxygen atoms in total. The lowest BCUT2D eigenvalue weighted by atomic mass is 9.94. The van der Waals surface area contributed by atoms with E-state index in [1.54, 1.807) is 6.08 Å². The quantitative estimate of drug-likeness (QED) is 0.667. The summed E-state index contributed by atoms with van der Waals surface area (Å²) in [5.41, 5.74) is 1.06. The zero-order chi connectivity index (χ0) is 14.7. The molecule has 0 aromatic heterocycles. The molecule has 0 radical (unpaired) electrons. The van der Waals surface area contributed by atoms with E-state index >= 15 is 0 Å². The minimum Gasteiger partial charge on any atom is -0.374 e. The van der Waals surface area contributed by atoms with Crippen molar-refractivity contribution in [3.05, 3.63) is 84.4 Å². The molecular weight excluding hydrogens is 256 g/mol. The summed E-state index contributed by atoms with van der Waals surface area (Å²) in [6.07, 6.45) is 2.53. The molecule has 1 N–H and O–H groups in total. The highest BCUT2D eigenvalue weighted by Crippen LogP contribution is 2.53. The molecular formula is C20H18O. The van der Waals surface area contributed by atoms with Crippen LogP contribution in [0, 0.1) is 17.8 Å². The minimum atomic E-state index is -1.11. The van der Waals surface area contributed by atoms with Gasteiger partial charge in [-0.3, -0.25) is 0 Å². The number of aliphatic hydroxyl groups is 1. The van der Waals surface area contributed by atoms with E-state index < -0.39 is 5.60 Å². The molecule has 1 fully saturated rings. The predicted molar refractivity (Wildman–Crippen MR) is 85.8 cm³/mol. The molecule has 1 saturated carbocycles. The van der Waals surface area contributed by atoms with Gasteiger partial charge in [-0.15, -0.1) is 0 Å². The predicted octanol–water partition coefficient (Wildman–Crippen LogP) is 3.76. The van der Waals surface area contributed by atoms with Gasteiger partial charge in [0.2, 0.25) is 0 Å². The summed E-state index contributed by atoms with van der Waals surface area (Å²) in [5, 5.41) is 10.8. The standard InChI is InChI=1S/C20H18O/c1-2-20(21,14-13-16-9-5-3-6-10-16)19-15-18(19)17-11-7-4-8-12-17/h2-12,18-19,21H,1,15H2. The zero-order valence-electron chi connectivity index (χ0n) is 11.9. The second kappa shape index (κ2) is 5.60. The molecule has 21 heavy (non-hydrogen) atoms. The van der Waals surface area contributed by atoms with Crippen molar-refractivity contribution in [3.8, 4) is 11.8 Å². The summed E-state index contributed by atoms with van der Waals surface area (Å²) in [5.74, 6) is 6.58. The van der Waals surface area contributed by atoms with Crippen molar-refractivity contribution in [1.29, 1.82) is 0 Å². The highest BCUT2D eigenvalue weighted by atomic mass is 16.3. The first-order valence-electron chi connectivity index (χ1n) is 7.22. The van der Waals surface area contributed by atoms with E-state index in [1.807, 2.05) is 48.5 Å². The van der Waals surface area contributed by atoms with Gasteiger partial charge in [0, 0.05) is 11.5 Å². The van der Waals surface area contributed by atoms with Crippen molar-refractivity contribution < 1.29 is 5.11 Å². The Balaban J connectivity index is 1.80. The topological polar surface area (TPSA) is 20.2 Å². The highest BCUT2D eigenvalue weighted by Gasteiger charge is 2.50. The Bertz CT molecular complexity index is 678. The summed E-state index contributed by atoms with van der Waals surface area (Å²) in [6, 6.07) is 20.0. The first-order valence-corrected chi connectivity index (χ1v) is 7.22. The monoisotopic (exact) mass is 274 g/mol. The van der Waals surface area contributed by atoms with Crippen LogP contribution in [0.3, 0.4) is 0 Å². The van der Waals surface area contributed by atoms with E-state index in [0.29, 0.717) is 5.92 Å². The van der Waals surface area contributed by atoms with Crippen LogP contribution >= 0.6 is 0 Å². The van der Waals surface area contributed by atoms with Gasteiger partial charge in [-0.05, 0) is 36.1 Å². The van der Waals surface area contributed by atoms with Gasteiger partial charge in [0.15, 0.2) is 0 Å². The average molecular weight is 274 g/mol. The van der Waals surface area contributed by atoms with Crippen LogP contribution in [0.25, 0.3) is 0 Å². The summed E-state index contributed by atoms with van der Waals surface area (Å²) in [7, 11) is 0. The third-order valence-corrected chi connectivity index (χ3v) is 4.08. The molecule has 0 bridgehead atoms. The van der Waals surface area contributed by atoms with Gasteiger partial charge < -0.3 is 5.11 Å². The maximum atomic E-state index is 10.8. The minimum absolute atomic E-state index is 0.133. The number of hydrogen-bond donors (Lipinski definition) is 1. The van der Waals surface area contributed by atoms with Crippen LogP contribution in [0.4, 0.5) is 0 Å². The second-order valence-electron chi connectivity index (χ2n) is 5.50. The van der Waals surface area contributed by atoms with Gasteiger partial charge in [0.1, 0.15) is 5.60 Å². The molecule has 1 aliphatic rings. The molecule has 3 unspecified atom stereocenters. The highest BCUT2D eigenvalue weighted by molar-refractivity contribution is 5.41. The van der Waals surface area contributed by atoms with E-state index in [2.05, 4.69) is 30.6 Å². The lowest BCUT2D eigenvalue weighted by Crippen LogP contribution is -2.27. The molecule has 104 valence electrons. The summed E-state index contributed by atoms with van der Waals surface area (Å²) >= 11 is 0. The molecule has 2 aromatic rings. The fourth-order valence-corrected chi connectivity index (χ4v) is 2.74. The first kappa shape index (κ1) is 13.7. The van der Waals surface area contributed by atoms with Crippen LogP contribution in [0.1, 0.15) is 23.5 Å². The fourth-order valence-electron chi connectivity index (χ4n) is 2.74. The van der Waals surface area contributed by atoms with Gasteiger partial charge in [-0.1, -0.05) is 67.0 Å². The van der Waals surface area contributed by atoms with E-state index in [4.69, 9.17) is 0 Å². The van der Waals surface area contributed by atoms with Crippen molar-refractivity contribution in [2.75, 3.05) is 0 Å².